The number of rotatable bonds is 12. The minimum absolute atomic E-state index is 0.0310. The molecule has 0 aliphatic carbocycles. The number of nitrogens with zero attached hydrogens (tertiary/aromatic N) is 4. The Hall–Kier alpha value is -3.92. The van der Waals surface area contributed by atoms with Crippen molar-refractivity contribution in [2.45, 2.75) is 57.8 Å². The molecule has 51 heavy (non-hydrogen) atoms. The van der Waals surface area contributed by atoms with Crippen LogP contribution >= 0.6 is 11.6 Å². The number of benzene rings is 4. The molecule has 3 aliphatic heterocycles. The number of hydrazine groups is 1. The van der Waals surface area contributed by atoms with Gasteiger partial charge in [0.1, 0.15) is 0 Å². The number of hydrogen-bond donors (Lipinski definition) is 2. The minimum Gasteiger partial charge on any atom is -0.357 e. The van der Waals surface area contributed by atoms with E-state index in [2.05, 4.69) is 79.9 Å². The quantitative estimate of drug-likeness (QED) is 0.102. The first kappa shape index (κ1) is 36.9. The molecular weight excluding hydrogens is 656 g/mol. The Bertz CT molecular complexity index is 1780. The van der Waals surface area contributed by atoms with Crippen molar-refractivity contribution in [3.8, 4) is 0 Å². The molecule has 1 aromatic heterocycles. The van der Waals surface area contributed by atoms with E-state index in [0.717, 1.165) is 49.3 Å². The number of H-pyrrole nitrogens is 1. The minimum atomic E-state index is -0.0431. The number of alkyl halides is 1. The number of halogens is 1. The zero-order valence-corrected chi connectivity index (χ0v) is 30.5. The summed E-state index contributed by atoms with van der Waals surface area (Å²) in [5.41, 5.74) is 9.36. The lowest BCUT2D eigenvalue weighted by Crippen LogP contribution is -2.35. The Labute approximate surface area is 307 Å². The number of hydrogen-bond acceptors (Lipinski definition) is 6. The van der Waals surface area contributed by atoms with Crippen LogP contribution in [0.3, 0.4) is 0 Å². The van der Waals surface area contributed by atoms with Crippen LogP contribution < -0.4 is 16.0 Å². The zero-order valence-electron chi connectivity index (χ0n) is 29.8. The van der Waals surface area contributed by atoms with E-state index in [1.165, 1.54) is 80.8 Å². The molecule has 2 saturated heterocycles. The maximum absolute atomic E-state index is 11.7. The maximum atomic E-state index is 11.7. The number of anilines is 1. The van der Waals surface area contributed by atoms with Gasteiger partial charge in [0.2, 0.25) is 0 Å². The van der Waals surface area contributed by atoms with Crippen molar-refractivity contribution in [2.24, 2.45) is 0 Å². The molecule has 4 aromatic carbocycles. The van der Waals surface area contributed by atoms with Crippen LogP contribution in [0.2, 0.25) is 0 Å². The number of likely N-dealkylation sites (tertiary alicyclic amines) is 2. The number of ether oxygens (including phenoxy) is 1. The van der Waals surface area contributed by atoms with Crippen molar-refractivity contribution >= 4 is 28.2 Å². The van der Waals surface area contributed by atoms with Gasteiger partial charge in [-0.1, -0.05) is 91.0 Å². The summed E-state index contributed by atoms with van der Waals surface area (Å²) >= 11 is 5.55. The van der Waals surface area contributed by atoms with Gasteiger partial charge in [-0.15, -0.1) is 11.6 Å². The summed E-state index contributed by atoms with van der Waals surface area (Å²) in [7, 11) is 0. The van der Waals surface area contributed by atoms with E-state index < -0.39 is 0 Å². The largest absolute Gasteiger partial charge is 0.357 e. The molecule has 1 unspecified atom stereocenters. The van der Waals surface area contributed by atoms with Crippen LogP contribution in [0.15, 0.2) is 114 Å². The van der Waals surface area contributed by atoms with E-state index >= 15 is 0 Å². The fourth-order valence-electron chi connectivity index (χ4n) is 7.08. The van der Waals surface area contributed by atoms with E-state index in [1.54, 1.807) is 0 Å². The summed E-state index contributed by atoms with van der Waals surface area (Å²) in [5, 5.41) is 5.81. The lowest BCUT2D eigenvalue weighted by atomic mass is 10.1. The van der Waals surface area contributed by atoms with Gasteiger partial charge < -0.3 is 19.5 Å². The monoisotopic (exact) mass is 708 g/mol. The third-order valence-corrected chi connectivity index (χ3v) is 10.0. The third kappa shape index (κ3) is 10.8. The van der Waals surface area contributed by atoms with Crippen LogP contribution in [-0.2, 0) is 17.8 Å². The van der Waals surface area contributed by atoms with Crippen molar-refractivity contribution in [1.82, 2.24) is 25.0 Å². The highest BCUT2D eigenvalue weighted by Gasteiger charge is 2.28. The fourth-order valence-corrected chi connectivity index (χ4v) is 7.20. The van der Waals surface area contributed by atoms with Crippen LogP contribution in [-0.4, -0.2) is 71.3 Å². The first-order valence-electron chi connectivity index (χ1n) is 18.7. The van der Waals surface area contributed by atoms with Crippen LogP contribution in [0.5, 0.6) is 0 Å². The van der Waals surface area contributed by atoms with E-state index in [9.17, 15) is 4.79 Å². The highest BCUT2D eigenvalue weighted by Crippen LogP contribution is 2.34. The Morgan fingerprint density at radius 3 is 1.90 bits per heavy atom. The Kier molecular flexibility index (Phi) is 14.2. The van der Waals surface area contributed by atoms with Crippen molar-refractivity contribution in [3.63, 3.8) is 0 Å². The topological polar surface area (TPSA) is 68.8 Å². The SMILES string of the molecule is ClCCCN1CCCC1.O=c1[nH]n(Cc2ccccc2)c2ccccc12.c1ccc(CN2NC(OCCCN3CCCC3)c3ccccc32)cc1. The van der Waals surface area contributed by atoms with Gasteiger partial charge >= 0.3 is 0 Å². The lowest BCUT2D eigenvalue weighted by Gasteiger charge is -2.21. The zero-order chi connectivity index (χ0) is 35.1. The average Bonchev–Trinajstić information content (AvgIpc) is 4.00. The molecule has 270 valence electrons. The molecule has 3 aliphatic rings. The molecule has 0 radical (unpaired) electrons. The van der Waals surface area contributed by atoms with Crippen molar-refractivity contribution in [2.75, 3.05) is 56.8 Å². The normalized spacial score (nSPS) is 17.2. The molecule has 0 bridgehead atoms. The summed E-state index contributed by atoms with van der Waals surface area (Å²) in [5.74, 6) is 0.816. The molecule has 1 atom stereocenters. The summed E-state index contributed by atoms with van der Waals surface area (Å²) in [6, 6.07) is 36.8. The molecule has 0 spiro atoms. The Morgan fingerprint density at radius 1 is 0.667 bits per heavy atom. The molecule has 8 rings (SSSR count). The van der Waals surface area contributed by atoms with Gasteiger partial charge in [-0.25, -0.2) is 5.43 Å². The van der Waals surface area contributed by atoms with Crippen LogP contribution in [0.25, 0.3) is 10.9 Å². The average molecular weight is 709 g/mol. The van der Waals surface area contributed by atoms with Gasteiger partial charge in [-0.3, -0.25) is 14.6 Å². The van der Waals surface area contributed by atoms with Crippen molar-refractivity contribution in [1.29, 1.82) is 0 Å². The van der Waals surface area contributed by atoms with Crippen LogP contribution in [0, 0.1) is 0 Å². The standard InChI is InChI=1S/C21H27N3O.C14H12N2O.C7H14ClN/c1-2-9-18(10-3-1)17-24-20-12-5-4-11-19(20)21(22-24)25-16-8-15-23-13-6-7-14-23;17-14-12-8-4-5-9-13(12)16(15-14)10-11-6-2-1-3-7-11;8-4-3-7-9-5-1-2-6-9/h1-5,9-12,21-22H,6-8,13-17H2;1-9H,10H2,(H,15,17);1-7H2. The van der Waals surface area contributed by atoms with E-state index in [1.807, 2.05) is 59.3 Å². The molecular formula is C42H53ClN6O2. The second-order valence-corrected chi connectivity index (χ2v) is 13.9. The first-order valence-corrected chi connectivity index (χ1v) is 19.2. The fraction of sp³-hybridized carbons (Fsp3) is 0.405. The summed E-state index contributed by atoms with van der Waals surface area (Å²) in [6.45, 7) is 9.81. The van der Waals surface area contributed by atoms with Gasteiger partial charge in [0, 0.05) is 18.0 Å². The molecule has 5 aromatic rings. The number of aromatic nitrogens is 2. The molecule has 9 heteroatoms. The molecule has 2 N–H and O–H groups in total. The second kappa shape index (κ2) is 19.6. The van der Waals surface area contributed by atoms with E-state index in [4.69, 9.17) is 16.3 Å². The van der Waals surface area contributed by atoms with Gasteiger partial charge in [0.05, 0.1) is 36.3 Å². The molecule has 4 heterocycles. The Balaban J connectivity index is 0.000000148. The van der Waals surface area contributed by atoms with Gasteiger partial charge in [0.15, 0.2) is 6.23 Å². The first-order chi connectivity index (χ1) is 25.2. The van der Waals surface area contributed by atoms with Gasteiger partial charge in [-0.05, 0) is 101 Å². The number of fused-ring (bicyclic) bond motifs is 2. The third-order valence-electron chi connectivity index (χ3n) is 9.73. The number of aromatic amines is 1. The Morgan fingerprint density at radius 2 is 1.24 bits per heavy atom. The van der Waals surface area contributed by atoms with Gasteiger partial charge in [0.25, 0.3) is 5.56 Å². The maximum Gasteiger partial charge on any atom is 0.271 e. The van der Waals surface area contributed by atoms with Crippen molar-refractivity contribution < 1.29 is 4.74 Å². The van der Waals surface area contributed by atoms with Crippen LogP contribution in [0.1, 0.15) is 61.4 Å². The predicted octanol–water partition coefficient (Wildman–Crippen LogP) is 7.80. The van der Waals surface area contributed by atoms with Crippen LogP contribution in [0.4, 0.5) is 5.69 Å². The highest BCUT2D eigenvalue weighted by molar-refractivity contribution is 6.17. The molecule has 2 fully saturated rings. The summed E-state index contributed by atoms with van der Waals surface area (Å²) in [6.07, 6.45) is 7.70. The van der Waals surface area contributed by atoms with Crippen molar-refractivity contribution in [3.05, 3.63) is 136 Å². The molecule has 0 amide bonds. The number of para-hydroxylation sites is 2. The summed E-state index contributed by atoms with van der Waals surface area (Å²) < 4.78 is 8.06. The van der Waals surface area contributed by atoms with Gasteiger partial charge in [-0.2, -0.15) is 0 Å². The summed E-state index contributed by atoms with van der Waals surface area (Å²) in [4.78, 5) is 16.7. The second-order valence-electron chi connectivity index (χ2n) is 13.5. The number of nitrogens with one attached hydrogen (secondary N) is 2. The molecule has 0 saturated carbocycles. The van der Waals surface area contributed by atoms with E-state index in [-0.39, 0.29) is 11.8 Å². The predicted molar refractivity (Wildman–Crippen MR) is 210 cm³/mol. The molecule has 8 nitrogen and oxygen atoms in total. The highest BCUT2D eigenvalue weighted by atomic mass is 35.5. The lowest BCUT2D eigenvalue weighted by molar-refractivity contribution is 0.0294. The smallest absolute Gasteiger partial charge is 0.271 e. The van der Waals surface area contributed by atoms with E-state index in [0.29, 0.717) is 6.54 Å².